The summed E-state index contributed by atoms with van der Waals surface area (Å²) in [5.41, 5.74) is 3.63. The highest BCUT2D eigenvalue weighted by atomic mass is 32.2. The lowest BCUT2D eigenvalue weighted by atomic mass is 10.1. The van der Waals surface area contributed by atoms with Crippen LogP contribution < -0.4 is 0 Å². The Hall–Kier alpha value is -2.58. The third kappa shape index (κ3) is 3.19. The predicted octanol–water partition coefficient (Wildman–Crippen LogP) is 5.96. The van der Waals surface area contributed by atoms with Gasteiger partial charge in [0.2, 0.25) is 0 Å². The van der Waals surface area contributed by atoms with Crippen LogP contribution in [0.1, 0.15) is 22.7 Å². The van der Waals surface area contributed by atoms with Gasteiger partial charge in [0.15, 0.2) is 0 Å². The van der Waals surface area contributed by atoms with Crippen molar-refractivity contribution in [2.24, 2.45) is 4.99 Å². The molecule has 1 aliphatic rings. The smallest absolute Gasteiger partial charge is 0.108 e. The molecular formula is C22H17NS. The Labute approximate surface area is 146 Å². The lowest BCUT2D eigenvalue weighted by Crippen LogP contribution is -1.93. The van der Waals surface area contributed by atoms with E-state index in [-0.39, 0.29) is 6.04 Å². The maximum atomic E-state index is 5.02. The second-order valence-corrected chi connectivity index (χ2v) is 6.74. The van der Waals surface area contributed by atoms with Gasteiger partial charge in [-0.05, 0) is 17.2 Å². The molecule has 3 aromatic carbocycles. The van der Waals surface area contributed by atoms with Gasteiger partial charge < -0.3 is 0 Å². The Kier molecular flexibility index (Phi) is 4.30. The highest BCUT2D eigenvalue weighted by molar-refractivity contribution is 8.18. The number of hydrogen-bond acceptors (Lipinski definition) is 2. The number of aliphatic imine (C=N–C) groups is 1. The molecule has 2 heteroatoms. The minimum Gasteiger partial charge on any atom is -0.264 e. The molecule has 0 spiro atoms. The zero-order valence-corrected chi connectivity index (χ0v) is 14.0. The molecule has 0 aliphatic carbocycles. The van der Waals surface area contributed by atoms with Gasteiger partial charge in [-0.15, -0.1) is 0 Å². The topological polar surface area (TPSA) is 12.4 Å². The fourth-order valence-electron chi connectivity index (χ4n) is 2.78. The molecule has 0 aromatic heterocycles. The van der Waals surface area contributed by atoms with Crippen LogP contribution in [0.5, 0.6) is 0 Å². The fraction of sp³-hybridized carbons (Fsp3) is 0.0455. The molecule has 0 N–H and O–H groups in total. The molecule has 0 fully saturated rings. The average Bonchev–Trinajstić information content (AvgIpc) is 3.08. The van der Waals surface area contributed by atoms with Crippen molar-refractivity contribution in [3.8, 4) is 0 Å². The van der Waals surface area contributed by atoms with E-state index in [0.29, 0.717) is 0 Å². The fourth-order valence-corrected chi connectivity index (χ4v) is 3.92. The molecular weight excluding hydrogens is 310 g/mol. The van der Waals surface area contributed by atoms with Crippen molar-refractivity contribution in [1.29, 1.82) is 0 Å². The molecule has 3 aromatic rings. The van der Waals surface area contributed by atoms with Crippen molar-refractivity contribution in [3.63, 3.8) is 0 Å². The molecule has 116 valence electrons. The minimum atomic E-state index is 0.0756. The van der Waals surface area contributed by atoms with Crippen LogP contribution in [-0.4, -0.2) is 5.04 Å². The van der Waals surface area contributed by atoms with E-state index in [1.807, 2.05) is 18.2 Å². The van der Waals surface area contributed by atoms with Crippen molar-refractivity contribution in [2.75, 3.05) is 0 Å². The number of nitrogens with zero attached hydrogens (tertiary/aromatic N) is 1. The first-order valence-corrected chi connectivity index (χ1v) is 8.84. The first kappa shape index (κ1) is 15.0. The van der Waals surface area contributed by atoms with Crippen LogP contribution in [0, 0.1) is 0 Å². The molecule has 0 saturated carbocycles. The van der Waals surface area contributed by atoms with Crippen LogP contribution in [0.3, 0.4) is 0 Å². The summed E-state index contributed by atoms with van der Waals surface area (Å²) in [6.45, 7) is 0. The van der Waals surface area contributed by atoms with Gasteiger partial charge in [-0.25, -0.2) is 0 Å². The van der Waals surface area contributed by atoms with Gasteiger partial charge in [-0.1, -0.05) is 103 Å². The van der Waals surface area contributed by atoms with Crippen molar-refractivity contribution < 1.29 is 0 Å². The summed E-state index contributed by atoms with van der Waals surface area (Å²) in [5.74, 6) is 0. The molecule has 1 aliphatic heterocycles. The largest absolute Gasteiger partial charge is 0.264 e. The first-order chi connectivity index (χ1) is 11.9. The monoisotopic (exact) mass is 327 g/mol. The molecule has 0 amide bonds. The molecule has 1 heterocycles. The van der Waals surface area contributed by atoms with E-state index in [0.717, 1.165) is 5.04 Å². The molecule has 4 rings (SSSR count). The van der Waals surface area contributed by atoms with Crippen molar-refractivity contribution >= 4 is 22.9 Å². The zero-order valence-electron chi connectivity index (χ0n) is 13.2. The van der Waals surface area contributed by atoms with Gasteiger partial charge in [-0.2, -0.15) is 0 Å². The van der Waals surface area contributed by atoms with Gasteiger partial charge in [0, 0.05) is 10.5 Å². The minimum absolute atomic E-state index is 0.0756. The molecule has 0 unspecified atom stereocenters. The van der Waals surface area contributed by atoms with Gasteiger partial charge in [0.1, 0.15) is 11.1 Å². The third-order valence-corrected chi connectivity index (χ3v) is 5.09. The lowest BCUT2D eigenvalue weighted by molar-refractivity contribution is 0.917. The summed E-state index contributed by atoms with van der Waals surface area (Å²) in [6.07, 6.45) is 2.25. The Morgan fingerprint density at radius 3 is 1.96 bits per heavy atom. The normalized spacial score (nSPS) is 18.6. The molecule has 24 heavy (non-hydrogen) atoms. The Bertz CT molecular complexity index is 868. The van der Waals surface area contributed by atoms with Crippen LogP contribution in [-0.2, 0) is 0 Å². The van der Waals surface area contributed by atoms with E-state index in [4.69, 9.17) is 4.99 Å². The number of benzene rings is 3. The van der Waals surface area contributed by atoms with E-state index in [1.54, 1.807) is 11.8 Å². The van der Waals surface area contributed by atoms with Gasteiger partial charge in [0.25, 0.3) is 0 Å². The average molecular weight is 327 g/mol. The lowest BCUT2D eigenvalue weighted by Gasteiger charge is -2.09. The van der Waals surface area contributed by atoms with E-state index >= 15 is 0 Å². The first-order valence-electron chi connectivity index (χ1n) is 8.03. The Balaban J connectivity index is 1.75. The number of rotatable bonds is 3. The predicted molar refractivity (Wildman–Crippen MR) is 104 cm³/mol. The number of hydrogen-bond donors (Lipinski definition) is 0. The molecule has 0 radical (unpaired) electrons. The van der Waals surface area contributed by atoms with Gasteiger partial charge in [0.05, 0.1) is 0 Å². The second kappa shape index (κ2) is 6.90. The highest BCUT2D eigenvalue weighted by Crippen LogP contribution is 2.43. The number of thioether (sulfide) groups is 1. The van der Waals surface area contributed by atoms with Gasteiger partial charge in [-0.3, -0.25) is 4.99 Å². The van der Waals surface area contributed by atoms with Crippen LogP contribution in [0.15, 0.2) is 101 Å². The van der Waals surface area contributed by atoms with Crippen LogP contribution in [0.4, 0.5) is 0 Å². The summed E-state index contributed by atoms with van der Waals surface area (Å²) in [5, 5.41) is 1.09. The highest BCUT2D eigenvalue weighted by Gasteiger charge is 2.26. The maximum absolute atomic E-state index is 5.02. The summed E-state index contributed by atoms with van der Waals surface area (Å²) >= 11 is 1.77. The van der Waals surface area contributed by atoms with Crippen LogP contribution >= 0.6 is 11.8 Å². The maximum Gasteiger partial charge on any atom is 0.108 e. The second-order valence-electron chi connectivity index (χ2n) is 5.67. The Morgan fingerprint density at radius 2 is 1.29 bits per heavy atom. The van der Waals surface area contributed by atoms with Gasteiger partial charge >= 0.3 is 0 Å². The molecule has 0 bridgehead atoms. The van der Waals surface area contributed by atoms with Crippen molar-refractivity contribution in [1.82, 2.24) is 0 Å². The zero-order chi connectivity index (χ0) is 16.2. The Morgan fingerprint density at radius 1 is 0.708 bits per heavy atom. The standard InChI is InChI=1S/C22H17NS/c1-4-10-17(11-5-1)16-20-21(18-12-6-2-7-13-18)23-22(24-20)19-14-8-3-9-15-19/h1-16,21H/b20-16+/t21-/m1/s1. The summed E-state index contributed by atoms with van der Waals surface area (Å²) < 4.78 is 0. The van der Waals surface area contributed by atoms with E-state index in [9.17, 15) is 0 Å². The quantitative estimate of drug-likeness (QED) is 0.578. The third-order valence-electron chi connectivity index (χ3n) is 3.97. The van der Waals surface area contributed by atoms with E-state index in [1.165, 1.54) is 21.6 Å². The summed E-state index contributed by atoms with van der Waals surface area (Å²) in [4.78, 5) is 6.29. The van der Waals surface area contributed by atoms with Crippen LogP contribution in [0.2, 0.25) is 0 Å². The van der Waals surface area contributed by atoms with E-state index < -0.39 is 0 Å². The molecule has 1 nitrogen and oxygen atoms in total. The molecule has 0 saturated heterocycles. The van der Waals surface area contributed by atoms with Crippen molar-refractivity contribution in [2.45, 2.75) is 6.04 Å². The summed E-state index contributed by atoms with van der Waals surface area (Å²) in [6, 6.07) is 31.5. The molecule has 1 atom stereocenters. The SMILES string of the molecule is C(=C1\SC(c2ccccc2)=N[C@@H]1c1ccccc1)/c1ccccc1. The van der Waals surface area contributed by atoms with Crippen molar-refractivity contribution in [3.05, 3.63) is 113 Å². The van der Waals surface area contributed by atoms with E-state index in [2.05, 4.69) is 78.9 Å². The van der Waals surface area contributed by atoms with Crippen LogP contribution in [0.25, 0.3) is 6.08 Å². The summed E-state index contributed by atoms with van der Waals surface area (Å²) in [7, 11) is 0.